The first-order valence-corrected chi connectivity index (χ1v) is 10.9. The normalized spacial score (nSPS) is 13.9. The predicted molar refractivity (Wildman–Crippen MR) is 127 cm³/mol. The third-order valence-corrected chi connectivity index (χ3v) is 5.97. The van der Waals surface area contributed by atoms with E-state index in [4.69, 9.17) is 48.7 Å². The van der Waals surface area contributed by atoms with E-state index in [9.17, 15) is 9.59 Å². The quantitative estimate of drug-likeness (QED) is 0.165. The van der Waals surface area contributed by atoms with Gasteiger partial charge in [-0.2, -0.15) is 0 Å². The van der Waals surface area contributed by atoms with E-state index in [0.717, 1.165) is 0 Å². The lowest BCUT2D eigenvalue weighted by molar-refractivity contribution is 0.0702. The fourth-order valence-corrected chi connectivity index (χ4v) is 4.15. The van der Waals surface area contributed by atoms with Crippen molar-refractivity contribution in [3.8, 4) is 11.5 Å². The third kappa shape index (κ3) is 4.00. The molecular weight excluding hydrogens is 487 g/mol. The predicted octanol–water partition coefficient (Wildman–Crippen LogP) is 7.54. The molecule has 2 heterocycles. The van der Waals surface area contributed by atoms with Crippen LogP contribution in [-0.2, 0) is 0 Å². The minimum absolute atomic E-state index is 0.0297. The Morgan fingerprint density at radius 1 is 0.970 bits per heavy atom. The number of ether oxygens (including phenoxy) is 2. The molecule has 0 aliphatic carbocycles. The van der Waals surface area contributed by atoms with Crippen molar-refractivity contribution in [3.63, 3.8) is 0 Å². The molecule has 0 radical (unpaired) electrons. The molecule has 0 fully saturated rings. The van der Waals surface area contributed by atoms with Crippen LogP contribution in [0.3, 0.4) is 0 Å². The Labute approximate surface area is 203 Å². The van der Waals surface area contributed by atoms with Crippen molar-refractivity contribution < 1.29 is 23.5 Å². The molecule has 0 spiro atoms. The van der Waals surface area contributed by atoms with Crippen molar-refractivity contribution in [1.82, 2.24) is 0 Å². The molecule has 1 aliphatic rings. The van der Waals surface area contributed by atoms with Crippen molar-refractivity contribution in [2.45, 2.75) is 6.92 Å². The summed E-state index contributed by atoms with van der Waals surface area (Å²) in [5, 5.41) is 2.09. The lowest BCUT2D eigenvalue weighted by atomic mass is 10.1. The summed E-state index contributed by atoms with van der Waals surface area (Å²) in [5.74, 6) is -0.282. The van der Waals surface area contributed by atoms with Crippen LogP contribution in [-0.4, -0.2) is 11.8 Å². The number of fused-ring (bicyclic) bond motifs is 2. The number of furan rings is 1. The van der Waals surface area contributed by atoms with Crippen LogP contribution in [0.2, 0.25) is 15.1 Å². The summed E-state index contributed by atoms with van der Waals surface area (Å²) < 4.78 is 16.9. The van der Waals surface area contributed by atoms with Crippen LogP contribution in [0.1, 0.15) is 32.0 Å². The van der Waals surface area contributed by atoms with E-state index in [1.165, 1.54) is 0 Å². The third-order valence-electron chi connectivity index (χ3n) is 5.17. The van der Waals surface area contributed by atoms with Crippen molar-refractivity contribution in [3.05, 3.63) is 97.9 Å². The van der Waals surface area contributed by atoms with Gasteiger partial charge in [0.05, 0.1) is 5.56 Å². The number of carbonyl (C=O) groups is 2. The highest BCUT2D eigenvalue weighted by atomic mass is 35.5. The van der Waals surface area contributed by atoms with Gasteiger partial charge in [-0.05, 0) is 67.1 Å². The molecule has 0 unspecified atom stereocenters. The monoisotopic (exact) mass is 498 g/mol. The Kier molecular flexibility index (Phi) is 5.41. The lowest BCUT2D eigenvalue weighted by Gasteiger charge is -2.09. The van der Waals surface area contributed by atoms with Gasteiger partial charge >= 0.3 is 5.97 Å². The highest BCUT2D eigenvalue weighted by Crippen LogP contribution is 2.40. The Hall–Kier alpha value is -3.25. The summed E-state index contributed by atoms with van der Waals surface area (Å²) in [5.41, 5.74) is 1.97. The molecule has 0 saturated heterocycles. The van der Waals surface area contributed by atoms with Gasteiger partial charge in [0.25, 0.3) is 0 Å². The Balaban J connectivity index is 1.42. The first kappa shape index (κ1) is 21.6. The van der Waals surface area contributed by atoms with E-state index < -0.39 is 5.97 Å². The largest absolute Gasteiger partial charge is 0.452 e. The molecule has 0 saturated carbocycles. The van der Waals surface area contributed by atoms with Crippen molar-refractivity contribution in [1.29, 1.82) is 0 Å². The van der Waals surface area contributed by atoms with Gasteiger partial charge in [0.15, 0.2) is 5.76 Å². The molecule has 0 amide bonds. The number of halogens is 3. The fraction of sp³-hybridized carbons (Fsp3) is 0.0400. The smallest absolute Gasteiger partial charge is 0.379 e. The summed E-state index contributed by atoms with van der Waals surface area (Å²) in [6.45, 7) is 1.70. The molecule has 0 bridgehead atoms. The van der Waals surface area contributed by atoms with Crippen LogP contribution < -0.4 is 9.47 Å². The average molecular weight is 500 g/mol. The Morgan fingerprint density at radius 2 is 1.73 bits per heavy atom. The number of hydrogen-bond acceptors (Lipinski definition) is 5. The van der Waals surface area contributed by atoms with Gasteiger partial charge in [-0.3, -0.25) is 4.79 Å². The summed E-state index contributed by atoms with van der Waals surface area (Å²) >= 11 is 18.1. The number of carbonyl (C=O) groups excluding carboxylic acids is 2. The van der Waals surface area contributed by atoms with Crippen molar-refractivity contribution in [2.24, 2.45) is 0 Å². The van der Waals surface area contributed by atoms with E-state index >= 15 is 0 Å². The second-order valence-electron chi connectivity index (χ2n) is 7.35. The van der Waals surface area contributed by atoms with Crippen molar-refractivity contribution in [2.75, 3.05) is 0 Å². The number of allylic oxidation sites excluding steroid dienone is 1. The first-order valence-electron chi connectivity index (χ1n) is 9.74. The standard InChI is InChI=1S/C25H13Cl3O5/c1-12-19(33-25(30)22-10-14-8-15(26)4-6-20(14)31-22)7-5-17-23(29)21(32-24(12)17)9-13-2-3-16(27)11-18(13)28/h2-11H,1H3/b21-9-. The zero-order valence-corrected chi connectivity index (χ0v) is 19.2. The number of esters is 1. The molecule has 33 heavy (non-hydrogen) atoms. The minimum atomic E-state index is -0.682. The van der Waals surface area contributed by atoms with Crippen LogP contribution >= 0.6 is 34.8 Å². The van der Waals surface area contributed by atoms with Gasteiger partial charge < -0.3 is 13.9 Å². The molecule has 0 atom stereocenters. The molecule has 8 heteroatoms. The fourth-order valence-electron chi connectivity index (χ4n) is 3.50. The molecule has 5 rings (SSSR count). The van der Waals surface area contributed by atoms with E-state index in [0.29, 0.717) is 48.5 Å². The SMILES string of the molecule is Cc1c(OC(=O)c2cc3cc(Cl)ccc3o2)ccc2c1O/C(=C\c1ccc(Cl)cc1Cl)C2=O. The maximum Gasteiger partial charge on any atom is 0.379 e. The maximum absolute atomic E-state index is 12.8. The number of Topliss-reactive ketones (excluding diaryl/α,β-unsaturated/α-hetero) is 1. The second kappa shape index (κ2) is 8.27. The van der Waals surface area contributed by atoms with Crippen LogP contribution in [0, 0.1) is 6.92 Å². The van der Waals surface area contributed by atoms with Gasteiger partial charge in [-0.1, -0.05) is 40.9 Å². The molecule has 3 aromatic carbocycles. The van der Waals surface area contributed by atoms with Crippen LogP contribution in [0.15, 0.2) is 64.8 Å². The molecule has 1 aromatic heterocycles. The lowest BCUT2D eigenvalue weighted by Crippen LogP contribution is -2.08. The second-order valence-corrected chi connectivity index (χ2v) is 8.63. The molecule has 0 N–H and O–H groups in total. The maximum atomic E-state index is 12.8. The van der Waals surface area contributed by atoms with E-state index in [2.05, 4.69) is 0 Å². The van der Waals surface area contributed by atoms with Gasteiger partial charge in [0.2, 0.25) is 11.5 Å². The summed E-state index contributed by atoms with van der Waals surface area (Å²) in [6, 6.07) is 14.6. The zero-order chi connectivity index (χ0) is 23.3. The summed E-state index contributed by atoms with van der Waals surface area (Å²) in [6.07, 6.45) is 1.55. The van der Waals surface area contributed by atoms with Crippen molar-refractivity contribution >= 4 is 63.6 Å². The Morgan fingerprint density at radius 3 is 2.52 bits per heavy atom. The highest BCUT2D eigenvalue weighted by Gasteiger charge is 2.31. The van der Waals surface area contributed by atoms with Gasteiger partial charge in [0.1, 0.15) is 17.1 Å². The molecular formula is C25H13Cl3O5. The number of benzene rings is 3. The number of ketones is 1. The number of rotatable bonds is 3. The molecule has 4 aromatic rings. The van der Waals surface area contributed by atoms with Gasteiger partial charge in [0, 0.05) is 26.0 Å². The summed E-state index contributed by atoms with van der Waals surface area (Å²) in [4.78, 5) is 25.5. The Bertz CT molecular complexity index is 1500. The first-order chi connectivity index (χ1) is 15.8. The molecule has 1 aliphatic heterocycles. The van der Waals surface area contributed by atoms with Crippen LogP contribution in [0.5, 0.6) is 11.5 Å². The summed E-state index contributed by atoms with van der Waals surface area (Å²) in [7, 11) is 0. The zero-order valence-electron chi connectivity index (χ0n) is 16.9. The molecule has 5 nitrogen and oxygen atoms in total. The van der Waals surface area contributed by atoms with E-state index in [1.807, 2.05) is 0 Å². The van der Waals surface area contributed by atoms with E-state index in [1.54, 1.807) is 67.6 Å². The van der Waals surface area contributed by atoms with Gasteiger partial charge in [-0.25, -0.2) is 4.79 Å². The minimum Gasteiger partial charge on any atom is -0.452 e. The van der Waals surface area contributed by atoms with Crippen LogP contribution in [0.4, 0.5) is 0 Å². The number of hydrogen-bond donors (Lipinski definition) is 0. The highest BCUT2D eigenvalue weighted by molar-refractivity contribution is 6.35. The van der Waals surface area contributed by atoms with Crippen LogP contribution in [0.25, 0.3) is 17.0 Å². The topological polar surface area (TPSA) is 65.7 Å². The van der Waals surface area contributed by atoms with Gasteiger partial charge in [-0.15, -0.1) is 0 Å². The molecule has 164 valence electrons. The average Bonchev–Trinajstić information content (AvgIpc) is 3.33. The van der Waals surface area contributed by atoms with E-state index in [-0.39, 0.29) is 23.1 Å².